The van der Waals surface area contributed by atoms with Crippen LogP contribution in [0.1, 0.15) is 5.56 Å². The monoisotopic (exact) mass is 341 g/mol. The highest BCUT2D eigenvalue weighted by molar-refractivity contribution is 7.14. The Balaban J connectivity index is 1.79. The molecule has 0 aliphatic rings. The van der Waals surface area contributed by atoms with Gasteiger partial charge in [0, 0.05) is 16.6 Å². The molecule has 1 N–H and O–H groups in total. The number of hydrogen-bond donors (Lipinski definition) is 1. The average Bonchev–Trinajstić information content (AvgIpc) is 3.03. The molecule has 0 amide bonds. The fourth-order valence-electron chi connectivity index (χ4n) is 2.05. The summed E-state index contributed by atoms with van der Waals surface area (Å²) in [6.07, 6.45) is 0. The van der Waals surface area contributed by atoms with E-state index in [2.05, 4.69) is 16.4 Å². The van der Waals surface area contributed by atoms with Crippen molar-refractivity contribution in [2.24, 2.45) is 0 Å². The molecule has 4 nitrogen and oxygen atoms in total. The first-order chi connectivity index (χ1) is 11.2. The van der Waals surface area contributed by atoms with E-state index in [1.54, 1.807) is 31.4 Å². The number of anilines is 2. The van der Waals surface area contributed by atoms with E-state index in [9.17, 15) is 0 Å². The third-order valence-electron chi connectivity index (χ3n) is 3.22. The highest BCUT2D eigenvalue weighted by Crippen LogP contribution is 2.31. The fraction of sp³-hybridized carbons (Fsp3) is 0.0588. The molecule has 0 aliphatic heterocycles. The zero-order valence-electron chi connectivity index (χ0n) is 12.2. The lowest BCUT2D eigenvalue weighted by atomic mass is 10.1. The summed E-state index contributed by atoms with van der Waals surface area (Å²) in [6.45, 7) is 0. The second kappa shape index (κ2) is 6.69. The summed E-state index contributed by atoms with van der Waals surface area (Å²) in [7, 11) is 1.58. The van der Waals surface area contributed by atoms with E-state index in [1.807, 2.05) is 23.6 Å². The Morgan fingerprint density at radius 2 is 2.00 bits per heavy atom. The predicted molar refractivity (Wildman–Crippen MR) is 93.6 cm³/mol. The van der Waals surface area contributed by atoms with Crippen LogP contribution in [-0.2, 0) is 0 Å². The topological polar surface area (TPSA) is 57.9 Å². The molecule has 6 heteroatoms. The van der Waals surface area contributed by atoms with Gasteiger partial charge in [-0.2, -0.15) is 5.26 Å². The second-order valence-electron chi connectivity index (χ2n) is 4.70. The standard InChI is InChI=1S/C17H12ClN3OS/c1-22-16-7-6-13(8-14(16)18)20-17-21-15(10-23-17)12-4-2-11(9-19)3-5-12/h2-8,10H,1H3,(H,20,21). The fourth-order valence-corrected chi connectivity index (χ4v) is 3.04. The maximum Gasteiger partial charge on any atom is 0.187 e. The summed E-state index contributed by atoms with van der Waals surface area (Å²) in [6, 6.07) is 14.9. The Hall–Kier alpha value is -2.55. The number of rotatable bonds is 4. The van der Waals surface area contributed by atoms with Crippen molar-refractivity contribution in [2.75, 3.05) is 12.4 Å². The smallest absolute Gasteiger partial charge is 0.187 e. The van der Waals surface area contributed by atoms with Crippen molar-refractivity contribution in [3.05, 3.63) is 58.4 Å². The first-order valence-electron chi connectivity index (χ1n) is 6.76. The molecule has 0 atom stereocenters. The molecule has 0 saturated carbocycles. The highest BCUT2D eigenvalue weighted by atomic mass is 35.5. The number of benzene rings is 2. The van der Waals surface area contributed by atoms with Gasteiger partial charge in [0.2, 0.25) is 0 Å². The van der Waals surface area contributed by atoms with Crippen LogP contribution < -0.4 is 10.1 Å². The highest BCUT2D eigenvalue weighted by Gasteiger charge is 2.07. The zero-order chi connectivity index (χ0) is 16.2. The molecule has 0 bridgehead atoms. The van der Waals surface area contributed by atoms with Crippen LogP contribution in [0.5, 0.6) is 5.75 Å². The minimum atomic E-state index is 0.543. The molecule has 0 radical (unpaired) electrons. The SMILES string of the molecule is COc1ccc(Nc2nc(-c3ccc(C#N)cc3)cs2)cc1Cl. The summed E-state index contributed by atoms with van der Waals surface area (Å²) < 4.78 is 5.14. The largest absolute Gasteiger partial charge is 0.495 e. The van der Waals surface area contributed by atoms with Gasteiger partial charge in [-0.15, -0.1) is 11.3 Å². The summed E-state index contributed by atoms with van der Waals surface area (Å²) in [4.78, 5) is 4.55. The minimum absolute atomic E-state index is 0.543. The van der Waals surface area contributed by atoms with E-state index in [4.69, 9.17) is 21.6 Å². The van der Waals surface area contributed by atoms with E-state index in [0.29, 0.717) is 16.3 Å². The van der Waals surface area contributed by atoms with Gasteiger partial charge >= 0.3 is 0 Å². The number of halogens is 1. The van der Waals surface area contributed by atoms with Crippen molar-refractivity contribution >= 4 is 33.8 Å². The Morgan fingerprint density at radius 3 is 2.65 bits per heavy atom. The van der Waals surface area contributed by atoms with Gasteiger partial charge in [-0.05, 0) is 30.3 Å². The van der Waals surface area contributed by atoms with Crippen LogP contribution in [0.3, 0.4) is 0 Å². The molecule has 3 aromatic rings. The first-order valence-corrected chi connectivity index (χ1v) is 8.02. The normalized spacial score (nSPS) is 10.1. The van der Waals surface area contributed by atoms with Crippen LogP contribution in [0.15, 0.2) is 47.8 Å². The lowest BCUT2D eigenvalue weighted by Crippen LogP contribution is -1.91. The number of hydrogen-bond acceptors (Lipinski definition) is 5. The molecule has 1 aromatic heterocycles. The maximum absolute atomic E-state index is 8.83. The maximum atomic E-state index is 8.83. The van der Waals surface area contributed by atoms with Gasteiger partial charge in [-0.1, -0.05) is 23.7 Å². The van der Waals surface area contributed by atoms with Gasteiger partial charge in [0.05, 0.1) is 29.5 Å². The van der Waals surface area contributed by atoms with Crippen LogP contribution >= 0.6 is 22.9 Å². The quantitative estimate of drug-likeness (QED) is 0.718. The van der Waals surface area contributed by atoms with Crippen molar-refractivity contribution in [3.8, 4) is 23.1 Å². The van der Waals surface area contributed by atoms with Gasteiger partial charge < -0.3 is 10.1 Å². The van der Waals surface area contributed by atoms with Gasteiger partial charge in [0.25, 0.3) is 0 Å². The predicted octanol–water partition coefficient (Wildman–Crippen LogP) is 5.09. The van der Waals surface area contributed by atoms with E-state index < -0.39 is 0 Å². The number of aromatic nitrogens is 1. The molecule has 23 heavy (non-hydrogen) atoms. The Kier molecular flexibility index (Phi) is 4.47. The molecule has 2 aromatic carbocycles. The Labute approximate surface area is 142 Å². The lowest BCUT2D eigenvalue weighted by Gasteiger charge is -2.06. The van der Waals surface area contributed by atoms with Crippen molar-refractivity contribution in [2.45, 2.75) is 0 Å². The van der Waals surface area contributed by atoms with Gasteiger partial charge in [0.1, 0.15) is 5.75 Å². The number of thiazole rings is 1. The zero-order valence-corrected chi connectivity index (χ0v) is 13.8. The summed E-state index contributed by atoms with van der Waals surface area (Å²) in [5, 5.41) is 15.3. The molecule has 0 fully saturated rings. The van der Waals surface area contributed by atoms with E-state index in [0.717, 1.165) is 22.1 Å². The first kappa shape index (κ1) is 15.3. The molecule has 3 rings (SSSR count). The number of nitriles is 1. The molecule has 0 spiro atoms. The van der Waals surface area contributed by atoms with E-state index in [-0.39, 0.29) is 0 Å². The number of nitrogens with one attached hydrogen (secondary N) is 1. The van der Waals surface area contributed by atoms with Crippen molar-refractivity contribution < 1.29 is 4.74 Å². The summed E-state index contributed by atoms with van der Waals surface area (Å²) in [5.74, 6) is 0.634. The molecule has 0 saturated heterocycles. The molecular formula is C17H12ClN3OS. The van der Waals surface area contributed by atoms with Crippen molar-refractivity contribution in [3.63, 3.8) is 0 Å². The van der Waals surface area contributed by atoms with Gasteiger partial charge in [-0.3, -0.25) is 0 Å². The lowest BCUT2D eigenvalue weighted by molar-refractivity contribution is 0.415. The van der Waals surface area contributed by atoms with E-state index >= 15 is 0 Å². The third-order valence-corrected chi connectivity index (χ3v) is 4.27. The number of methoxy groups -OCH3 is 1. The van der Waals surface area contributed by atoms with Crippen LogP contribution in [-0.4, -0.2) is 12.1 Å². The molecule has 0 unspecified atom stereocenters. The number of ether oxygens (including phenoxy) is 1. The Bertz CT molecular complexity index is 868. The van der Waals surface area contributed by atoms with Crippen LogP contribution in [0, 0.1) is 11.3 Å². The average molecular weight is 342 g/mol. The van der Waals surface area contributed by atoms with Crippen molar-refractivity contribution in [1.82, 2.24) is 4.98 Å². The number of nitrogens with zero attached hydrogens (tertiary/aromatic N) is 2. The van der Waals surface area contributed by atoms with Crippen molar-refractivity contribution in [1.29, 1.82) is 5.26 Å². The summed E-state index contributed by atoms with van der Waals surface area (Å²) >= 11 is 7.62. The van der Waals surface area contributed by atoms with Gasteiger partial charge in [0.15, 0.2) is 5.13 Å². The van der Waals surface area contributed by atoms with Crippen LogP contribution in [0.25, 0.3) is 11.3 Å². The second-order valence-corrected chi connectivity index (χ2v) is 5.97. The minimum Gasteiger partial charge on any atom is -0.495 e. The Morgan fingerprint density at radius 1 is 1.22 bits per heavy atom. The van der Waals surface area contributed by atoms with Crippen LogP contribution in [0.4, 0.5) is 10.8 Å². The van der Waals surface area contributed by atoms with Gasteiger partial charge in [-0.25, -0.2) is 4.98 Å². The molecule has 0 aliphatic carbocycles. The summed E-state index contributed by atoms with van der Waals surface area (Å²) in [5.41, 5.74) is 3.31. The molecule has 114 valence electrons. The third kappa shape index (κ3) is 3.45. The van der Waals surface area contributed by atoms with Crippen LogP contribution in [0.2, 0.25) is 5.02 Å². The van der Waals surface area contributed by atoms with E-state index in [1.165, 1.54) is 11.3 Å². The molecule has 1 heterocycles. The molecular weight excluding hydrogens is 330 g/mol.